The Morgan fingerprint density at radius 1 is 1.31 bits per heavy atom. The zero-order valence-corrected chi connectivity index (χ0v) is 11.1. The van der Waals surface area contributed by atoms with Gasteiger partial charge in [-0.2, -0.15) is 8.42 Å². The maximum atomic E-state index is 11.5. The molecule has 88 valence electrons. The third-order valence-electron chi connectivity index (χ3n) is 1.39. The van der Waals surface area contributed by atoms with Crippen LogP contribution in [-0.2, 0) is 23.7 Å². The van der Waals surface area contributed by atoms with Gasteiger partial charge in [-0.25, -0.2) is 0 Å². The molecule has 0 heterocycles. The number of hydrogen-bond acceptors (Lipinski definition) is 5. The SMILES string of the molecule is C[P+](=O)OOS(=O)(=O)c1cc(Cl)ccc1Cl. The zero-order valence-electron chi connectivity index (χ0n) is 7.88. The third kappa shape index (κ3) is 3.66. The van der Waals surface area contributed by atoms with Gasteiger partial charge in [-0.1, -0.05) is 27.5 Å². The Hall–Kier alpha value is -0.230. The fourth-order valence-corrected chi connectivity index (χ4v) is 2.74. The van der Waals surface area contributed by atoms with Gasteiger partial charge in [0.1, 0.15) is 4.90 Å². The van der Waals surface area contributed by atoms with Crippen LogP contribution in [0.3, 0.4) is 0 Å². The van der Waals surface area contributed by atoms with E-state index in [-0.39, 0.29) is 14.9 Å². The second kappa shape index (κ2) is 5.40. The summed E-state index contributed by atoms with van der Waals surface area (Å²) in [7, 11) is -6.43. The van der Waals surface area contributed by atoms with Crippen LogP contribution >= 0.6 is 31.2 Å². The van der Waals surface area contributed by atoms with Crippen LogP contribution in [0.5, 0.6) is 0 Å². The van der Waals surface area contributed by atoms with E-state index in [0.717, 1.165) is 12.7 Å². The van der Waals surface area contributed by atoms with E-state index in [1.54, 1.807) is 0 Å². The molecule has 1 atom stereocenters. The van der Waals surface area contributed by atoms with Crippen molar-refractivity contribution in [3.05, 3.63) is 28.2 Å². The highest BCUT2D eigenvalue weighted by molar-refractivity contribution is 7.86. The normalized spacial score (nSPS) is 12.6. The Bertz CT molecular complexity index is 516. The van der Waals surface area contributed by atoms with Crippen LogP contribution in [0, 0.1) is 0 Å². The fourth-order valence-electron chi connectivity index (χ4n) is 0.788. The van der Waals surface area contributed by atoms with Gasteiger partial charge < -0.3 is 0 Å². The molecule has 0 fully saturated rings. The molecule has 0 amide bonds. The van der Waals surface area contributed by atoms with Crippen LogP contribution in [0.15, 0.2) is 23.1 Å². The molecule has 1 aromatic carbocycles. The summed E-state index contributed by atoms with van der Waals surface area (Å²) in [6, 6.07) is 3.82. The van der Waals surface area contributed by atoms with Gasteiger partial charge in [-0.05, 0) is 22.8 Å². The van der Waals surface area contributed by atoms with Crippen molar-refractivity contribution in [3.8, 4) is 0 Å². The maximum Gasteiger partial charge on any atom is 0.537 e. The van der Waals surface area contributed by atoms with Crippen LogP contribution in [0.2, 0.25) is 10.0 Å². The molecular weight excluding hydrogens is 298 g/mol. The van der Waals surface area contributed by atoms with E-state index < -0.39 is 18.1 Å². The first-order valence-corrected chi connectivity index (χ1v) is 7.59. The lowest BCUT2D eigenvalue weighted by Crippen LogP contribution is -2.05. The molecule has 1 rings (SSSR count). The first-order valence-electron chi connectivity index (χ1n) is 3.80. The standard InChI is InChI=1S/C7H6Cl2O5PS/c1-15(10)13-14-16(11,12)7-4-5(8)2-3-6(7)9/h2-4H,1H3/q+1. The number of rotatable bonds is 4. The highest BCUT2D eigenvalue weighted by atomic mass is 35.5. The fraction of sp³-hybridized carbons (Fsp3) is 0.143. The van der Waals surface area contributed by atoms with Crippen molar-refractivity contribution >= 4 is 41.3 Å². The first kappa shape index (κ1) is 13.8. The predicted octanol–water partition coefficient (Wildman–Crippen LogP) is 3.00. The maximum absolute atomic E-state index is 11.5. The molecule has 0 aliphatic heterocycles. The molecule has 9 heteroatoms. The minimum atomic E-state index is -4.23. The lowest BCUT2D eigenvalue weighted by Gasteiger charge is -2.02. The van der Waals surface area contributed by atoms with Crippen LogP contribution in [0.4, 0.5) is 0 Å². The molecule has 0 N–H and O–H groups in total. The van der Waals surface area contributed by atoms with Crippen LogP contribution < -0.4 is 0 Å². The molecule has 1 unspecified atom stereocenters. The van der Waals surface area contributed by atoms with Crippen LogP contribution in [0.25, 0.3) is 0 Å². The molecule has 0 saturated carbocycles. The lowest BCUT2D eigenvalue weighted by atomic mass is 10.4. The molecule has 0 radical (unpaired) electrons. The van der Waals surface area contributed by atoms with Crippen LogP contribution in [0.1, 0.15) is 0 Å². The molecule has 0 aliphatic rings. The van der Waals surface area contributed by atoms with Gasteiger partial charge in [0, 0.05) is 9.70 Å². The van der Waals surface area contributed by atoms with Crippen molar-refractivity contribution in [1.82, 2.24) is 0 Å². The summed E-state index contributed by atoms with van der Waals surface area (Å²) in [5, 5.41) is 0.104. The van der Waals surface area contributed by atoms with Gasteiger partial charge in [-0.15, -0.1) is 0 Å². The topological polar surface area (TPSA) is 69.7 Å². The highest BCUT2D eigenvalue weighted by Crippen LogP contribution is 2.28. The van der Waals surface area contributed by atoms with Crippen molar-refractivity contribution < 1.29 is 22.0 Å². The average molecular weight is 304 g/mol. The van der Waals surface area contributed by atoms with Crippen molar-refractivity contribution in [2.75, 3.05) is 6.66 Å². The summed E-state index contributed by atoms with van der Waals surface area (Å²) in [6.45, 7) is 1.14. The van der Waals surface area contributed by atoms with Gasteiger partial charge in [0.25, 0.3) is 0 Å². The summed E-state index contributed by atoms with van der Waals surface area (Å²) >= 11 is 11.3. The largest absolute Gasteiger partial charge is 0.537 e. The Morgan fingerprint density at radius 2 is 1.94 bits per heavy atom. The number of halogens is 2. The van der Waals surface area contributed by atoms with E-state index in [2.05, 4.69) is 9.01 Å². The molecule has 1 aromatic rings. The van der Waals surface area contributed by atoms with Gasteiger partial charge in [0.2, 0.25) is 0 Å². The lowest BCUT2D eigenvalue weighted by molar-refractivity contribution is -0.0833. The summed E-state index contributed by atoms with van der Waals surface area (Å²) in [6.07, 6.45) is 0. The summed E-state index contributed by atoms with van der Waals surface area (Å²) in [5.41, 5.74) is 0. The van der Waals surface area contributed by atoms with E-state index in [1.165, 1.54) is 12.1 Å². The van der Waals surface area contributed by atoms with E-state index in [9.17, 15) is 13.0 Å². The Labute approximate surface area is 103 Å². The predicted molar refractivity (Wildman–Crippen MR) is 59.3 cm³/mol. The van der Waals surface area contributed by atoms with Gasteiger partial charge >= 0.3 is 18.1 Å². The third-order valence-corrected chi connectivity index (χ3v) is 3.57. The van der Waals surface area contributed by atoms with E-state index in [1.807, 2.05) is 0 Å². The van der Waals surface area contributed by atoms with Gasteiger partial charge in [0.15, 0.2) is 6.66 Å². The molecule has 0 saturated heterocycles. The summed E-state index contributed by atoms with van der Waals surface area (Å²) in [5.74, 6) is 0. The molecule has 0 bridgehead atoms. The molecule has 0 spiro atoms. The smallest absolute Gasteiger partial charge is 0.191 e. The van der Waals surface area contributed by atoms with E-state index in [0.29, 0.717) is 0 Å². The quantitative estimate of drug-likeness (QED) is 0.486. The molecular formula is C7H6Cl2O5PS+. The Morgan fingerprint density at radius 3 is 2.50 bits per heavy atom. The van der Waals surface area contributed by atoms with Crippen molar-refractivity contribution in [3.63, 3.8) is 0 Å². The van der Waals surface area contributed by atoms with Crippen molar-refractivity contribution in [2.24, 2.45) is 0 Å². The van der Waals surface area contributed by atoms with Gasteiger partial charge in [0.05, 0.1) is 5.02 Å². The monoisotopic (exact) mass is 303 g/mol. The minimum absolute atomic E-state index is 0.0701. The van der Waals surface area contributed by atoms with Gasteiger partial charge in [-0.3, -0.25) is 0 Å². The van der Waals surface area contributed by atoms with Crippen molar-refractivity contribution in [2.45, 2.75) is 4.90 Å². The number of benzene rings is 1. The van der Waals surface area contributed by atoms with E-state index in [4.69, 9.17) is 23.2 Å². The van der Waals surface area contributed by atoms with Crippen LogP contribution in [-0.4, -0.2) is 15.1 Å². The summed E-state index contributed by atoms with van der Waals surface area (Å²) < 4.78 is 41.7. The molecule has 0 aliphatic carbocycles. The molecule has 0 aromatic heterocycles. The molecule has 5 nitrogen and oxygen atoms in total. The number of hydrogen-bond donors (Lipinski definition) is 0. The van der Waals surface area contributed by atoms with Crippen molar-refractivity contribution in [1.29, 1.82) is 0 Å². The Balaban J connectivity index is 3.07. The second-order valence-corrected chi connectivity index (χ2v) is 5.97. The zero-order chi connectivity index (χ0) is 12.3. The highest BCUT2D eigenvalue weighted by Gasteiger charge is 2.25. The summed E-state index contributed by atoms with van der Waals surface area (Å²) in [4.78, 5) is -0.349. The Kier molecular flexibility index (Phi) is 4.67. The van der Waals surface area contributed by atoms with E-state index >= 15 is 0 Å². The molecule has 16 heavy (non-hydrogen) atoms. The second-order valence-electron chi connectivity index (χ2n) is 2.61. The minimum Gasteiger partial charge on any atom is -0.191 e. The first-order chi connectivity index (χ1) is 7.33. The average Bonchev–Trinajstić information content (AvgIpc) is 2.19.